The molecular weight excluding hydrogens is 373 g/mol. The maximum absolute atomic E-state index is 12.8. The lowest BCUT2D eigenvalue weighted by atomic mass is 10.1. The largest absolute Gasteiger partial charge is 0.452 e. The summed E-state index contributed by atoms with van der Waals surface area (Å²) in [4.78, 5) is 23.6. The molecule has 0 aliphatic heterocycles. The summed E-state index contributed by atoms with van der Waals surface area (Å²) >= 11 is 5.49. The number of nitrogens with one attached hydrogen (secondary N) is 1. The summed E-state index contributed by atoms with van der Waals surface area (Å²) in [5.41, 5.74) is -0.927. The van der Waals surface area contributed by atoms with Crippen LogP contribution in [0.2, 0.25) is 5.02 Å². The lowest BCUT2D eigenvalue weighted by Gasteiger charge is -2.12. The predicted molar refractivity (Wildman–Crippen MR) is 86.5 cm³/mol. The summed E-state index contributed by atoms with van der Waals surface area (Å²) < 4.78 is 43.1. The van der Waals surface area contributed by atoms with Gasteiger partial charge in [0.25, 0.3) is 5.91 Å². The minimum atomic E-state index is -4.67. The number of alkyl halides is 3. The Balaban J connectivity index is 1.99. The third-order valence-corrected chi connectivity index (χ3v) is 3.45. The SMILES string of the molecule is N#Cc1cccc(C(=O)OCC(=O)Nc2ccc(Cl)c(C(F)(F)F)c2)c1. The Morgan fingerprint density at radius 1 is 1.19 bits per heavy atom. The lowest BCUT2D eigenvalue weighted by molar-refractivity contribution is -0.137. The minimum Gasteiger partial charge on any atom is -0.452 e. The Kier molecular flexibility index (Phi) is 5.85. The van der Waals surface area contributed by atoms with Crippen LogP contribution in [-0.4, -0.2) is 18.5 Å². The molecule has 0 bridgehead atoms. The second-order valence-electron chi connectivity index (χ2n) is 5.01. The van der Waals surface area contributed by atoms with Gasteiger partial charge in [-0.1, -0.05) is 17.7 Å². The zero-order valence-electron chi connectivity index (χ0n) is 12.9. The highest BCUT2D eigenvalue weighted by Gasteiger charge is 2.33. The van der Waals surface area contributed by atoms with Crippen molar-refractivity contribution in [2.75, 3.05) is 11.9 Å². The summed E-state index contributed by atoms with van der Waals surface area (Å²) in [5.74, 6) is -1.67. The molecule has 2 aromatic rings. The van der Waals surface area contributed by atoms with Gasteiger partial charge >= 0.3 is 12.1 Å². The molecule has 1 N–H and O–H groups in total. The fourth-order valence-electron chi connectivity index (χ4n) is 1.95. The van der Waals surface area contributed by atoms with Gasteiger partial charge in [0.2, 0.25) is 0 Å². The van der Waals surface area contributed by atoms with Gasteiger partial charge in [-0.05, 0) is 36.4 Å². The Labute approximate surface area is 150 Å². The maximum atomic E-state index is 12.8. The second-order valence-corrected chi connectivity index (χ2v) is 5.42. The first-order chi connectivity index (χ1) is 12.2. The van der Waals surface area contributed by atoms with E-state index in [1.807, 2.05) is 6.07 Å². The number of carbonyl (C=O) groups excluding carboxylic acids is 2. The van der Waals surface area contributed by atoms with E-state index >= 15 is 0 Å². The lowest BCUT2D eigenvalue weighted by Crippen LogP contribution is -2.21. The number of hydrogen-bond acceptors (Lipinski definition) is 4. The number of hydrogen-bond donors (Lipinski definition) is 1. The van der Waals surface area contributed by atoms with Gasteiger partial charge in [0.05, 0.1) is 27.8 Å². The number of halogens is 4. The predicted octanol–water partition coefficient (Wildman–Crippen LogP) is 4.03. The normalized spacial score (nSPS) is 10.7. The minimum absolute atomic E-state index is 0.0719. The first-order valence-corrected chi connectivity index (χ1v) is 7.42. The van der Waals surface area contributed by atoms with Gasteiger partial charge in [-0.2, -0.15) is 18.4 Å². The van der Waals surface area contributed by atoms with Crippen LogP contribution in [0.5, 0.6) is 0 Å². The van der Waals surface area contributed by atoms with E-state index in [4.69, 9.17) is 21.6 Å². The number of benzene rings is 2. The van der Waals surface area contributed by atoms with Crippen molar-refractivity contribution in [2.24, 2.45) is 0 Å². The molecular formula is C17H10ClF3N2O3. The molecule has 0 aliphatic rings. The number of ether oxygens (including phenoxy) is 1. The van der Waals surface area contributed by atoms with Crippen molar-refractivity contribution in [1.82, 2.24) is 0 Å². The highest BCUT2D eigenvalue weighted by molar-refractivity contribution is 6.31. The monoisotopic (exact) mass is 382 g/mol. The molecule has 0 saturated heterocycles. The van der Waals surface area contributed by atoms with Crippen molar-refractivity contribution >= 4 is 29.2 Å². The highest BCUT2D eigenvalue weighted by Crippen LogP contribution is 2.36. The van der Waals surface area contributed by atoms with E-state index in [-0.39, 0.29) is 16.8 Å². The van der Waals surface area contributed by atoms with E-state index in [2.05, 4.69) is 5.32 Å². The van der Waals surface area contributed by atoms with Gasteiger partial charge in [-0.15, -0.1) is 0 Å². The first-order valence-electron chi connectivity index (χ1n) is 7.04. The molecule has 0 fully saturated rings. The first kappa shape index (κ1) is 19.3. The fourth-order valence-corrected chi connectivity index (χ4v) is 2.17. The highest BCUT2D eigenvalue weighted by atomic mass is 35.5. The Hall–Kier alpha value is -3.05. The molecule has 26 heavy (non-hydrogen) atoms. The molecule has 0 aromatic heterocycles. The van der Waals surface area contributed by atoms with E-state index in [0.29, 0.717) is 6.07 Å². The quantitative estimate of drug-likeness (QED) is 0.810. The number of nitrogens with zero attached hydrogens (tertiary/aromatic N) is 1. The summed E-state index contributed by atoms with van der Waals surface area (Å²) in [7, 11) is 0. The Bertz CT molecular complexity index is 892. The van der Waals surface area contributed by atoms with Crippen LogP contribution in [0.4, 0.5) is 18.9 Å². The zero-order valence-corrected chi connectivity index (χ0v) is 13.7. The van der Waals surface area contributed by atoms with Gasteiger partial charge < -0.3 is 10.1 Å². The van der Waals surface area contributed by atoms with Crippen LogP contribution in [0.25, 0.3) is 0 Å². The molecule has 134 valence electrons. The van der Waals surface area contributed by atoms with Gasteiger partial charge in [-0.25, -0.2) is 4.79 Å². The van der Waals surface area contributed by atoms with Crippen LogP contribution in [0.15, 0.2) is 42.5 Å². The molecule has 0 heterocycles. The van der Waals surface area contributed by atoms with Gasteiger partial charge in [0.15, 0.2) is 6.61 Å². The van der Waals surface area contributed by atoms with Crippen LogP contribution in [0.3, 0.4) is 0 Å². The average Bonchev–Trinajstić information content (AvgIpc) is 2.60. The van der Waals surface area contributed by atoms with Crippen LogP contribution < -0.4 is 5.32 Å². The molecule has 5 nitrogen and oxygen atoms in total. The van der Waals surface area contributed by atoms with Crippen LogP contribution in [0.1, 0.15) is 21.5 Å². The molecule has 0 unspecified atom stereocenters. The third-order valence-electron chi connectivity index (χ3n) is 3.12. The molecule has 0 aliphatic carbocycles. The summed E-state index contributed by atoms with van der Waals surface area (Å²) in [6.07, 6.45) is -4.67. The van der Waals surface area contributed by atoms with Crippen LogP contribution in [0, 0.1) is 11.3 Å². The number of rotatable bonds is 4. The van der Waals surface area contributed by atoms with Gasteiger partial charge in [0, 0.05) is 5.69 Å². The molecule has 2 aromatic carbocycles. The molecule has 1 amide bonds. The average molecular weight is 383 g/mol. The number of amides is 1. The fraction of sp³-hybridized carbons (Fsp3) is 0.118. The molecule has 0 saturated carbocycles. The third kappa shape index (κ3) is 4.97. The maximum Gasteiger partial charge on any atom is 0.417 e. The van der Waals surface area contributed by atoms with E-state index in [1.165, 1.54) is 30.3 Å². The molecule has 0 radical (unpaired) electrons. The number of anilines is 1. The summed E-state index contributed by atoms with van der Waals surface area (Å²) in [5, 5.41) is 10.5. The Morgan fingerprint density at radius 3 is 2.58 bits per heavy atom. The smallest absolute Gasteiger partial charge is 0.417 e. The van der Waals surface area contributed by atoms with E-state index in [0.717, 1.165) is 6.07 Å². The number of nitriles is 1. The second kappa shape index (κ2) is 7.89. The van der Waals surface area contributed by atoms with E-state index in [1.54, 1.807) is 0 Å². The number of esters is 1. The van der Waals surface area contributed by atoms with Gasteiger partial charge in [0.1, 0.15) is 0 Å². The molecule has 0 spiro atoms. The van der Waals surface area contributed by atoms with Crippen molar-refractivity contribution < 1.29 is 27.5 Å². The van der Waals surface area contributed by atoms with Crippen molar-refractivity contribution in [3.05, 3.63) is 64.2 Å². The van der Waals surface area contributed by atoms with Crippen LogP contribution >= 0.6 is 11.6 Å². The zero-order chi connectivity index (χ0) is 19.3. The topological polar surface area (TPSA) is 79.2 Å². The Morgan fingerprint density at radius 2 is 1.92 bits per heavy atom. The molecule has 9 heteroatoms. The summed E-state index contributed by atoms with van der Waals surface area (Å²) in [6, 6.07) is 10.4. The summed E-state index contributed by atoms with van der Waals surface area (Å²) in [6.45, 7) is -0.709. The van der Waals surface area contributed by atoms with E-state index < -0.39 is 35.2 Å². The van der Waals surface area contributed by atoms with Crippen molar-refractivity contribution in [1.29, 1.82) is 5.26 Å². The van der Waals surface area contributed by atoms with Crippen molar-refractivity contribution in [2.45, 2.75) is 6.18 Å². The van der Waals surface area contributed by atoms with Gasteiger partial charge in [-0.3, -0.25) is 4.79 Å². The molecule has 0 atom stereocenters. The standard InChI is InChI=1S/C17H10ClF3N2O3/c18-14-5-4-12(7-13(14)17(19,20)21)23-15(24)9-26-16(25)11-3-1-2-10(6-11)8-22/h1-7H,9H2,(H,23,24). The van der Waals surface area contributed by atoms with Crippen molar-refractivity contribution in [3.63, 3.8) is 0 Å². The number of carbonyl (C=O) groups is 2. The van der Waals surface area contributed by atoms with Crippen molar-refractivity contribution in [3.8, 4) is 6.07 Å². The van der Waals surface area contributed by atoms with Crippen LogP contribution in [-0.2, 0) is 15.7 Å². The molecule has 2 rings (SSSR count). The van der Waals surface area contributed by atoms with E-state index in [9.17, 15) is 22.8 Å².